The lowest BCUT2D eigenvalue weighted by molar-refractivity contribution is -0.385. The van der Waals surface area contributed by atoms with Crippen LogP contribution in [-0.2, 0) is 4.79 Å². The van der Waals surface area contributed by atoms with Gasteiger partial charge in [-0.2, -0.15) is 5.10 Å². The van der Waals surface area contributed by atoms with Crippen molar-refractivity contribution in [3.8, 4) is 17.2 Å². The van der Waals surface area contributed by atoms with Crippen LogP contribution in [0.5, 0.6) is 17.2 Å². The van der Waals surface area contributed by atoms with Gasteiger partial charge in [-0.05, 0) is 13.0 Å². The third-order valence-corrected chi connectivity index (χ3v) is 3.41. The standard InChI is InChI=1S/C17H16N4O8/c1-2-28-15-8-12(20(24)25)7-11(17(15)23)9-18-19-16(22)10-29-14-6-4-3-5-13(14)21(26)27/h3-9,23H,2,10H2,1H3,(H,19,22)/b18-9+. The lowest BCUT2D eigenvalue weighted by atomic mass is 10.1. The third-order valence-electron chi connectivity index (χ3n) is 3.41. The Balaban J connectivity index is 2.05. The number of amides is 1. The lowest BCUT2D eigenvalue weighted by Crippen LogP contribution is -2.24. The minimum Gasteiger partial charge on any atom is -0.504 e. The van der Waals surface area contributed by atoms with E-state index in [1.165, 1.54) is 24.3 Å². The number of ether oxygens (including phenoxy) is 2. The van der Waals surface area contributed by atoms with Crippen LogP contribution in [0.3, 0.4) is 0 Å². The molecule has 29 heavy (non-hydrogen) atoms. The molecule has 0 saturated carbocycles. The van der Waals surface area contributed by atoms with Crippen LogP contribution in [0.25, 0.3) is 0 Å². The van der Waals surface area contributed by atoms with Crippen molar-refractivity contribution >= 4 is 23.5 Å². The van der Waals surface area contributed by atoms with Crippen molar-refractivity contribution in [1.29, 1.82) is 0 Å². The minimum atomic E-state index is -0.741. The van der Waals surface area contributed by atoms with Crippen molar-refractivity contribution < 1.29 is 29.2 Å². The van der Waals surface area contributed by atoms with Gasteiger partial charge in [0.2, 0.25) is 0 Å². The summed E-state index contributed by atoms with van der Waals surface area (Å²) in [5.41, 5.74) is 1.41. The summed E-state index contributed by atoms with van der Waals surface area (Å²) >= 11 is 0. The molecular formula is C17H16N4O8. The minimum absolute atomic E-state index is 0.0532. The van der Waals surface area contributed by atoms with Crippen molar-refractivity contribution in [1.82, 2.24) is 5.43 Å². The van der Waals surface area contributed by atoms with Gasteiger partial charge in [0.1, 0.15) is 0 Å². The fraction of sp³-hybridized carbons (Fsp3) is 0.176. The number of nitro benzene ring substituents is 2. The van der Waals surface area contributed by atoms with Crippen molar-refractivity contribution in [2.24, 2.45) is 5.10 Å². The first kappa shape index (κ1) is 21.1. The largest absolute Gasteiger partial charge is 0.504 e. The second kappa shape index (κ2) is 9.64. The Hall–Kier alpha value is -4.22. The maximum absolute atomic E-state index is 11.8. The van der Waals surface area contributed by atoms with Gasteiger partial charge in [-0.25, -0.2) is 5.43 Å². The molecule has 12 nitrogen and oxygen atoms in total. The molecule has 0 unspecified atom stereocenters. The zero-order valence-electron chi connectivity index (χ0n) is 15.1. The van der Waals surface area contributed by atoms with Crippen molar-refractivity contribution in [2.75, 3.05) is 13.2 Å². The number of phenols is 1. The topological polar surface area (TPSA) is 166 Å². The highest BCUT2D eigenvalue weighted by molar-refractivity contribution is 5.87. The van der Waals surface area contributed by atoms with E-state index in [1.807, 2.05) is 0 Å². The quantitative estimate of drug-likeness (QED) is 0.364. The second-order valence-corrected chi connectivity index (χ2v) is 5.38. The first-order valence-electron chi connectivity index (χ1n) is 8.15. The van der Waals surface area contributed by atoms with Crippen molar-refractivity contribution in [3.05, 3.63) is 62.2 Å². The van der Waals surface area contributed by atoms with Crippen LogP contribution >= 0.6 is 0 Å². The van der Waals surface area contributed by atoms with Crippen LogP contribution in [0.4, 0.5) is 11.4 Å². The number of hydrazone groups is 1. The van der Waals surface area contributed by atoms with E-state index in [4.69, 9.17) is 9.47 Å². The summed E-state index contributed by atoms with van der Waals surface area (Å²) in [7, 11) is 0. The molecule has 1 amide bonds. The summed E-state index contributed by atoms with van der Waals surface area (Å²) < 4.78 is 10.2. The smallest absolute Gasteiger partial charge is 0.310 e. The summed E-state index contributed by atoms with van der Waals surface area (Å²) in [5.74, 6) is -1.32. The summed E-state index contributed by atoms with van der Waals surface area (Å²) in [6.07, 6.45) is 0.994. The van der Waals surface area contributed by atoms with Crippen LogP contribution in [0.1, 0.15) is 12.5 Å². The van der Waals surface area contributed by atoms with Gasteiger partial charge in [0.15, 0.2) is 23.9 Å². The number of aromatic hydroxyl groups is 1. The Morgan fingerprint density at radius 1 is 1.17 bits per heavy atom. The summed E-state index contributed by atoms with van der Waals surface area (Å²) in [4.78, 5) is 32.4. The fourth-order valence-corrected chi connectivity index (χ4v) is 2.16. The average molecular weight is 404 g/mol. The number of nitro groups is 2. The molecule has 0 heterocycles. The molecule has 0 aliphatic heterocycles. The van der Waals surface area contributed by atoms with Crippen LogP contribution in [0, 0.1) is 20.2 Å². The Bertz CT molecular complexity index is 960. The summed E-state index contributed by atoms with van der Waals surface area (Å²) in [6.45, 7) is 1.25. The molecule has 2 aromatic rings. The predicted molar refractivity (Wildman–Crippen MR) is 100 cm³/mol. The van der Waals surface area contributed by atoms with Crippen LogP contribution in [0.2, 0.25) is 0 Å². The number of nitrogens with zero attached hydrogens (tertiary/aromatic N) is 3. The van der Waals surface area contributed by atoms with E-state index < -0.39 is 22.4 Å². The number of benzene rings is 2. The molecule has 0 aliphatic rings. The van der Waals surface area contributed by atoms with Crippen LogP contribution < -0.4 is 14.9 Å². The van der Waals surface area contributed by atoms with E-state index in [0.29, 0.717) is 0 Å². The normalized spacial score (nSPS) is 10.5. The molecular weight excluding hydrogens is 388 g/mol. The molecule has 0 aliphatic carbocycles. The number of rotatable bonds is 9. The molecule has 12 heteroatoms. The molecule has 0 aromatic heterocycles. The van der Waals surface area contributed by atoms with E-state index in [9.17, 15) is 30.1 Å². The average Bonchev–Trinajstić information content (AvgIpc) is 2.69. The first-order valence-corrected chi connectivity index (χ1v) is 8.15. The zero-order chi connectivity index (χ0) is 21.4. The van der Waals surface area contributed by atoms with Gasteiger partial charge in [-0.15, -0.1) is 0 Å². The van der Waals surface area contributed by atoms with Crippen LogP contribution in [0.15, 0.2) is 41.5 Å². The monoisotopic (exact) mass is 404 g/mol. The summed E-state index contributed by atoms with van der Waals surface area (Å²) in [5, 5.41) is 35.6. The van der Waals surface area contributed by atoms with Gasteiger partial charge in [0.05, 0.1) is 28.7 Å². The molecule has 0 atom stereocenters. The Kier molecular flexibility index (Phi) is 7.01. The van der Waals surface area contributed by atoms with Gasteiger partial charge in [0, 0.05) is 17.7 Å². The van der Waals surface area contributed by atoms with Gasteiger partial charge in [-0.3, -0.25) is 25.0 Å². The number of carbonyl (C=O) groups excluding carboxylic acids is 1. The second-order valence-electron chi connectivity index (χ2n) is 5.38. The van der Waals surface area contributed by atoms with E-state index in [0.717, 1.165) is 18.3 Å². The van der Waals surface area contributed by atoms with Gasteiger partial charge in [0.25, 0.3) is 11.6 Å². The van der Waals surface area contributed by atoms with Crippen molar-refractivity contribution in [3.63, 3.8) is 0 Å². The molecule has 2 N–H and O–H groups in total. The molecule has 2 rings (SSSR count). The van der Waals surface area contributed by atoms with Crippen LogP contribution in [-0.4, -0.2) is 40.3 Å². The number of para-hydroxylation sites is 2. The predicted octanol–water partition coefficient (Wildman–Crippen LogP) is 2.14. The highest BCUT2D eigenvalue weighted by atomic mass is 16.6. The third kappa shape index (κ3) is 5.63. The molecule has 152 valence electrons. The molecule has 2 aromatic carbocycles. The maximum atomic E-state index is 11.8. The Morgan fingerprint density at radius 3 is 2.55 bits per heavy atom. The molecule has 0 saturated heterocycles. The van der Waals surface area contributed by atoms with E-state index in [2.05, 4.69) is 10.5 Å². The highest BCUT2D eigenvalue weighted by Gasteiger charge is 2.17. The lowest BCUT2D eigenvalue weighted by Gasteiger charge is -2.08. The highest BCUT2D eigenvalue weighted by Crippen LogP contribution is 2.33. The number of non-ortho nitro benzene ring substituents is 1. The number of carbonyl (C=O) groups is 1. The van der Waals surface area contributed by atoms with Gasteiger partial charge < -0.3 is 14.6 Å². The maximum Gasteiger partial charge on any atom is 0.310 e. The van der Waals surface area contributed by atoms with E-state index >= 15 is 0 Å². The zero-order valence-corrected chi connectivity index (χ0v) is 15.1. The molecule has 0 spiro atoms. The molecule has 0 radical (unpaired) electrons. The Labute approximate surface area is 163 Å². The molecule has 0 bridgehead atoms. The summed E-state index contributed by atoms with van der Waals surface area (Å²) in [6, 6.07) is 7.65. The van der Waals surface area contributed by atoms with Gasteiger partial charge >= 0.3 is 5.69 Å². The fourth-order valence-electron chi connectivity index (χ4n) is 2.16. The number of hydrogen-bond acceptors (Lipinski definition) is 9. The first-order chi connectivity index (χ1) is 13.8. The van der Waals surface area contributed by atoms with E-state index in [-0.39, 0.29) is 40.8 Å². The Morgan fingerprint density at radius 2 is 1.90 bits per heavy atom. The van der Waals surface area contributed by atoms with Gasteiger partial charge in [-0.1, -0.05) is 12.1 Å². The number of hydrogen-bond donors (Lipinski definition) is 2. The molecule has 0 fully saturated rings. The SMILES string of the molecule is CCOc1cc([N+](=O)[O-])cc(/C=N/NC(=O)COc2ccccc2[N+](=O)[O-])c1O. The number of phenolic OH excluding ortho intramolecular Hbond substituents is 1. The number of nitrogens with one attached hydrogen (secondary N) is 1. The van der Waals surface area contributed by atoms with E-state index in [1.54, 1.807) is 6.92 Å². The van der Waals surface area contributed by atoms with Crippen molar-refractivity contribution in [2.45, 2.75) is 6.92 Å².